The Bertz CT molecular complexity index is 325. The van der Waals surface area contributed by atoms with Crippen molar-refractivity contribution in [2.45, 2.75) is 11.2 Å². The molecule has 2 nitrogen and oxygen atoms in total. The van der Waals surface area contributed by atoms with Crippen LogP contribution >= 0.6 is 15.9 Å². The number of fused-ring (bicyclic) bond motifs is 1. The Labute approximate surface area is 92.3 Å². The molecule has 0 aromatic heterocycles. The third-order valence-electron chi connectivity index (χ3n) is 2.47. The van der Waals surface area contributed by atoms with Crippen LogP contribution < -0.4 is 4.74 Å². The van der Waals surface area contributed by atoms with Crippen LogP contribution in [0.1, 0.15) is 16.0 Å². The van der Waals surface area contributed by atoms with Crippen molar-refractivity contribution in [3.05, 3.63) is 29.3 Å². The van der Waals surface area contributed by atoms with Gasteiger partial charge < -0.3 is 9.47 Å². The predicted octanol–water partition coefficient (Wildman–Crippen LogP) is 2.70. The van der Waals surface area contributed by atoms with Gasteiger partial charge in [0, 0.05) is 0 Å². The van der Waals surface area contributed by atoms with Gasteiger partial charge >= 0.3 is 0 Å². The first-order valence-electron chi connectivity index (χ1n) is 4.70. The number of hydrogen-bond acceptors (Lipinski definition) is 2. The van der Waals surface area contributed by atoms with Gasteiger partial charge in [0.2, 0.25) is 0 Å². The van der Waals surface area contributed by atoms with E-state index in [4.69, 9.17) is 9.47 Å². The highest BCUT2D eigenvalue weighted by Crippen LogP contribution is 2.31. The van der Waals surface area contributed by atoms with E-state index < -0.39 is 0 Å². The monoisotopic (exact) mass is 256 g/mol. The molecule has 0 aliphatic carbocycles. The van der Waals surface area contributed by atoms with Crippen molar-refractivity contribution < 1.29 is 9.47 Å². The summed E-state index contributed by atoms with van der Waals surface area (Å²) in [4.78, 5) is 0.287. The van der Waals surface area contributed by atoms with E-state index >= 15 is 0 Å². The first-order chi connectivity index (χ1) is 6.81. The zero-order valence-electron chi connectivity index (χ0n) is 8.13. The first kappa shape index (κ1) is 9.99. The third kappa shape index (κ3) is 1.93. The van der Waals surface area contributed by atoms with Gasteiger partial charge in [0.1, 0.15) is 5.75 Å². The van der Waals surface area contributed by atoms with Gasteiger partial charge in [-0.3, -0.25) is 0 Å². The molecule has 0 spiro atoms. The molecule has 1 aliphatic rings. The van der Waals surface area contributed by atoms with E-state index in [0.29, 0.717) is 0 Å². The summed E-state index contributed by atoms with van der Waals surface area (Å²) in [7, 11) is 1.69. The molecule has 0 saturated carbocycles. The molecule has 14 heavy (non-hydrogen) atoms. The fraction of sp³-hybridized carbons (Fsp3) is 0.455. The molecule has 0 fully saturated rings. The molecule has 0 bridgehead atoms. The molecule has 1 aromatic carbocycles. The second-order valence-corrected chi connectivity index (χ2v) is 4.46. The van der Waals surface area contributed by atoms with E-state index in [1.807, 2.05) is 6.07 Å². The first-order valence-corrected chi connectivity index (χ1v) is 5.61. The van der Waals surface area contributed by atoms with Crippen molar-refractivity contribution in [3.8, 4) is 5.75 Å². The molecule has 0 amide bonds. The van der Waals surface area contributed by atoms with Gasteiger partial charge in [-0.1, -0.05) is 22.0 Å². The second kappa shape index (κ2) is 4.32. The van der Waals surface area contributed by atoms with E-state index in [1.54, 1.807) is 7.11 Å². The maximum absolute atomic E-state index is 5.48. The predicted molar refractivity (Wildman–Crippen MR) is 59.2 cm³/mol. The fourth-order valence-electron chi connectivity index (χ4n) is 1.68. The normalized spacial score (nSPS) is 21.1. The summed E-state index contributed by atoms with van der Waals surface area (Å²) < 4.78 is 10.7. The van der Waals surface area contributed by atoms with E-state index in [-0.39, 0.29) is 4.83 Å². The van der Waals surface area contributed by atoms with Crippen LogP contribution in [0.5, 0.6) is 5.75 Å². The Hall–Kier alpha value is -0.540. The molecule has 1 aromatic rings. The molecule has 1 unspecified atom stereocenters. The van der Waals surface area contributed by atoms with Crippen molar-refractivity contribution in [2.24, 2.45) is 0 Å². The Morgan fingerprint density at radius 1 is 1.50 bits per heavy atom. The van der Waals surface area contributed by atoms with Crippen molar-refractivity contribution in [3.63, 3.8) is 0 Å². The van der Waals surface area contributed by atoms with Gasteiger partial charge in [-0.25, -0.2) is 0 Å². The van der Waals surface area contributed by atoms with Crippen molar-refractivity contribution in [2.75, 3.05) is 20.3 Å². The summed E-state index contributed by atoms with van der Waals surface area (Å²) in [5.74, 6) is 0.912. The molecular formula is C11H13BrO2. The van der Waals surface area contributed by atoms with Gasteiger partial charge in [0.15, 0.2) is 0 Å². The lowest BCUT2D eigenvalue weighted by Gasteiger charge is -2.11. The molecular weight excluding hydrogens is 244 g/mol. The summed E-state index contributed by atoms with van der Waals surface area (Å²) in [5.41, 5.74) is 2.65. The van der Waals surface area contributed by atoms with Crippen LogP contribution in [0.2, 0.25) is 0 Å². The lowest BCUT2D eigenvalue weighted by molar-refractivity contribution is 0.146. The molecule has 0 saturated heterocycles. The van der Waals surface area contributed by atoms with Crippen LogP contribution in [0.4, 0.5) is 0 Å². The summed E-state index contributed by atoms with van der Waals surface area (Å²) >= 11 is 3.62. The Morgan fingerprint density at radius 2 is 2.36 bits per heavy atom. The number of methoxy groups -OCH3 is 1. The minimum absolute atomic E-state index is 0.287. The molecule has 76 valence electrons. The lowest BCUT2D eigenvalue weighted by Crippen LogP contribution is -1.98. The van der Waals surface area contributed by atoms with Gasteiger partial charge in [-0.05, 0) is 29.7 Å². The largest absolute Gasteiger partial charge is 0.497 e. The second-order valence-electron chi connectivity index (χ2n) is 3.36. The van der Waals surface area contributed by atoms with Gasteiger partial charge in [-0.15, -0.1) is 0 Å². The number of rotatable bonds is 1. The summed E-state index contributed by atoms with van der Waals surface area (Å²) in [5, 5.41) is 0. The maximum atomic E-state index is 5.48. The fourth-order valence-corrected chi connectivity index (χ4v) is 2.29. The number of halogens is 1. The zero-order valence-corrected chi connectivity index (χ0v) is 9.71. The van der Waals surface area contributed by atoms with Gasteiger partial charge in [0.05, 0.1) is 25.2 Å². The number of alkyl halides is 1. The van der Waals surface area contributed by atoms with Crippen molar-refractivity contribution >= 4 is 15.9 Å². The highest BCUT2D eigenvalue weighted by Gasteiger charge is 2.16. The topological polar surface area (TPSA) is 18.5 Å². The van der Waals surface area contributed by atoms with Crippen LogP contribution in [0.15, 0.2) is 18.2 Å². The van der Waals surface area contributed by atoms with E-state index in [2.05, 4.69) is 28.1 Å². The van der Waals surface area contributed by atoms with Crippen LogP contribution in [-0.4, -0.2) is 20.3 Å². The number of hydrogen-bond donors (Lipinski definition) is 0. The smallest absolute Gasteiger partial charge is 0.119 e. The maximum Gasteiger partial charge on any atom is 0.119 e. The molecule has 0 radical (unpaired) electrons. The summed E-state index contributed by atoms with van der Waals surface area (Å²) in [6.07, 6.45) is 0.988. The molecule has 1 heterocycles. The van der Waals surface area contributed by atoms with Crippen molar-refractivity contribution in [1.82, 2.24) is 0 Å². The Kier molecular flexibility index (Phi) is 3.08. The van der Waals surface area contributed by atoms with Crippen molar-refractivity contribution in [1.29, 1.82) is 0 Å². The number of ether oxygens (including phenoxy) is 2. The molecule has 3 heteroatoms. The van der Waals surface area contributed by atoms with E-state index in [0.717, 1.165) is 25.4 Å². The highest BCUT2D eigenvalue weighted by atomic mass is 79.9. The van der Waals surface area contributed by atoms with E-state index in [1.165, 1.54) is 11.1 Å². The highest BCUT2D eigenvalue weighted by molar-refractivity contribution is 9.09. The average Bonchev–Trinajstić information content (AvgIpc) is 2.40. The molecule has 1 aliphatic heterocycles. The standard InChI is InChI=1S/C11H13BrO2/c1-13-9-3-2-8-4-5-14-7-11(12)10(8)6-9/h2-3,6,11H,4-5,7H2,1H3. The van der Waals surface area contributed by atoms with Gasteiger partial charge in [0.25, 0.3) is 0 Å². The molecule has 2 rings (SSSR count). The quantitative estimate of drug-likeness (QED) is 0.720. The minimum Gasteiger partial charge on any atom is -0.497 e. The Morgan fingerprint density at radius 3 is 3.14 bits per heavy atom. The SMILES string of the molecule is COc1ccc2c(c1)C(Br)COCC2. The minimum atomic E-state index is 0.287. The summed E-state index contributed by atoms with van der Waals surface area (Å²) in [6.45, 7) is 1.54. The van der Waals surface area contributed by atoms with Crippen LogP contribution in [0.25, 0.3) is 0 Å². The summed E-state index contributed by atoms with van der Waals surface area (Å²) in [6, 6.07) is 6.21. The van der Waals surface area contributed by atoms with Crippen LogP contribution in [0.3, 0.4) is 0 Å². The third-order valence-corrected chi connectivity index (χ3v) is 3.23. The molecule has 1 atom stereocenters. The Balaban J connectivity index is 2.39. The van der Waals surface area contributed by atoms with Crippen LogP contribution in [-0.2, 0) is 11.2 Å². The lowest BCUT2D eigenvalue weighted by atomic mass is 10.0. The number of benzene rings is 1. The average molecular weight is 257 g/mol. The molecule has 0 N–H and O–H groups in total. The van der Waals surface area contributed by atoms with Gasteiger partial charge in [-0.2, -0.15) is 0 Å². The van der Waals surface area contributed by atoms with Crippen LogP contribution in [0, 0.1) is 0 Å². The zero-order chi connectivity index (χ0) is 9.97. The van der Waals surface area contributed by atoms with E-state index in [9.17, 15) is 0 Å².